The van der Waals surface area contributed by atoms with Gasteiger partial charge in [-0.25, -0.2) is 0 Å². The van der Waals surface area contributed by atoms with Crippen LogP contribution in [0.4, 0.5) is 0 Å². The topological polar surface area (TPSA) is 56.2 Å². The van der Waals surface area contributed by atoms with Crippen molar-refractivity contribution in [1.82, 2.24) is 9.78 Å². The summed E-state index contributed by atoms with van der Waals surface area (Å²) in [4.78, 5) is 0. The minimum atomic E-state index is -0.617. The van der Waals surface area contributed by atoms with E-state index in [1.807, 2.05) is 42.5 Å². The average Bonchev–Trinajstić information content (AvgIpc) is 3.38. The third kappa shape index (κ3) is 3.72. The van der Waals surface area contributed by atoms with Gasteiger partial charge in [0.25, 0.3) is 0 Å². The standard InChI is InChI=1S/C29H24N4/c30-31-22-23-16-18-24(19-17-23)28-20-21-33(32-28)29(25-10-4-1-5-11-25,26-12-6-2-7-13-26)27-14-8-3-9-15-27/h1-22H,30H2. The van der Waals surface area contributed by atoms with Gasteiger partial charge in [-0.3, -0.25) is 4.68 Å². The first-order chi connectivity index (χ1) is 16.3. The quantitative estimate of drug-likeness (QED) is 0.164. The van der Waals surface area contributed by atoms with Gasteiger partial charge in [0.1, 0.15) is 5.54 Å². The number of hydrogen-bond acceptors (Lipinski definition) is 3. The maximum Gasteiger partial charge on any atom is 0.138 e. The van der Waals surface area contributed by atoms with Crippen LogP contribution >= 0.6 is 0 Å². The van der Waals surface area contributed by atoms with E-state index in [1.165, 1.54) is 0 Å². The lowest BCUT2D eigenvalue weighted by atomic mass is 9.77. The molecule has 4 heteroatoms. The molecule has 5 aromatic rings. The Labute approximate surface area is 193 Å². The molecule has 4 nitrogen and oxygen atoms in total. The Morgan fingerprint density at radius 2 is 1.12 bits per heavy atom. The van der Waals surface area contributed by atoms with Crippen LogP contribution in [0.1, 0.15) is 22.3 Å². The summed E-state index contributed by atoms with van der Waals surface area (Å²) in [7, 11) is 0. The Morgan fingerprint density at radius 3 is 1.58 bits per heavy atom. The molecule has 33 heavy (non-hydrogen) atoms. The molecule has 0 fully saturated rings. The number of aromatic nitrogens is 2. The van der Waals surface area contributed by atoms with E-state index < -0.39 is 5.54 Å². The number of nitrogens with zero attached hydrogens (tertiary/aromatic N) is 3. The zero-order valence-electron chi connectivity index (χ0n) is 18.1. The van der Waals surface area contributed by atoms with E-state index in [-0.39, 0.29) is 0 Å². The van der Waals surface area contributed by atoms with Crippen LogP contribution < -0.4 is 5.84 Å². The van der Waals surface area contributed by atoms with Crippen molar-refractivity contribution in [3.8, 4) is 11.3 Å². The predicted molar refractivity (Wildman–Crippen MR) is 134 cm³/mol. The van der Waals surface area contributed by atoms with Gasteiger partial charge < -0.3 is 5.84 Å². The summed E-state index contributed by atoms with van der Waals surface area (Å²) in [6, 6.07) is 41.8. The van der Waals surface area contributed by atoms with Crippen LogP contribution in [0, 0.1) is 0 Å². The summed E-state index contributed by atoms with van der Waals surface area (Å²) in [5.41, 5.74) is 5.70. The number of benzene rings is 4. The number of hydrogen-bond donors (Lipinski definition) is 1. The molecule has 160 valence electrons. The van der Waals surface area contributed by atoms with E-state index in [9.17, 15) is 0 Å². The molecule has 5 rings (SSSR count). The molecule has 1 aromatic heterocycles. The molecule has 0 radical (unpaired) electrons. The van der Waals surface area contributed by atoms with Gasteiger partial charge in [0, 0.05) is 11.8 Å². The fourth-order valence-corrected chi connectivity index (χ4v) is 4.43. The van der Waals surface area contributed by atoms with Gasteiger partial charge >= 0.3 is 0 Å². The second-order valence-corrected chi connectivity index (χ2v) is 7.85. The van der Waals surface area contributed by atoms with E-state index in [2.05, 4.69) is 94.8 Å². The van der Waals surface area contributed by atoms with Crippen LogP contribution in [0.15, 0.2) is 133 Å². The summed E-state index contributed by atoms with van der Waals surface area (Å²) in [5.74, 6) is 5.28. The monoisotopic (exact) mass is 428 g/mol. The Bertz CT molecular complexity index is 1240. The van der Waals surface area contributed by atoms with Crippen molar-refractivity contribution in [3.63, 3.8) is 0 Å². The van der Waals surface area contributed by atoms with Crippen molar-refractivity contribution >= 4 is 6.21 Å². The largest absolute Gasteiger partial charge is 0.323 e. The molecule has 0 unspecified atom stereocenters. The Kier molecular flexibility index (Phi) is 5.56. The highest BCUT2D eigenvalue weighted by molar-refractivity contribution is 5.80. The highest BCUT2D eigenvalue weighted by Crippen LogP contribution is 2.40. The second-order valence-electron chi connectivity index (χ2n) is 7.85. The predicted octanol–water partition coefficient (Wildman–Crippen LogP) is 5.68. The van der Waals surface area contributed by atoms with Crippen LogP contribution in [-0.2, 0) is 5.54 Å². The normalized spacial score (nSPS) is 11.6. The lowest BCUT2D eigenvalue weighted by Crippen LogP contribution is -2.38. The van der Waals surface area contributed by atoms with Crippen molar-refractivity contribution in [2.24, 2.45) is 10.9 Å². The maximum absolute atomic E-state index is 5.28. The molecule has 4 aromatic carbocycles. The molecule has 0 aliphatic carbocycles. The van der Waals surface area contributed by atoms with Gasteiger partial charge in [-0.1, -0.05) is 115 Å². The molecule has 2 N–H and O–H groups in total. The van der Waals surface area contributed by atoms with Crippen LogP contribution in [0.3, 0.4) is 0 Å². The minimum absolute atomic E-state index is 0.617. The third-order valence-electron chi connectivity index (χ3n) is 5.94. The lowest BCUT2D eigenvalue weighted by Gasteiger charge is -2.36. The summed E-state index contributed by atoms with van der Waals surface area (Å²) >= 11 is 0. The summed E-state index contributed by atoms with van der Waals surface area (Å²) in [5, 5.41) is 8.72. The van der Waals surface area contributed by atoms with E-state index in [0.717, 1.165) is 33.5 Å². The van der Waals surface area contributed by atoms with Gasteiger partial charge in [0.05, 0.1) is 11.9 Å². The van der Waals surface area contributed by atoms with E-state index in [1.54, 1.807) is 6.21 Å². The van der Waals surface area contributed by atoms with Crippen molar-refractivity contribution in [2.45, 2.75) is 5.54 Å². The van der Waals surface area contributed by atoms with Gasteiger partial charge in [0.15, 0.2) is 0 Å². The first kappa shape index (κ1) is 20.5. The Hall–Kier alpha value is -4.44. The first-order valence-corrected chi connectivity index (χ1v) is 10.9. The summed E-state index contributed by atoms with van der Waals surface area (Å²) < 4.78 is 2.08. The zero-order valence-corrected chi connectivity index (χ0v) is 18.1. The number of hydrazone groups is 1. The third-order valence-corrected chi connectivity index (χ3v) is 5.94. The summed E-state index contributed by atoms with van der Waals surface area (Å²) in [6.07, 6.45) is 3.70. The molecule has 0 amide bonds. The fourth-order valence-electron chi connectivity index (χ4n) is 4.43. The highest BCUT2D eigenvalue weighted by atomic mass is 15.3. The van der Waals surface area contributed by atoms with Crippen LogP contribution in [0.2, 0.25) is 0 Å². The van der Waals surface area contributed by atoms with E-state index in [0.29, 0.717) is 0 Å². The molecule has 0 saturated heterocycles. The Balaban J connectivity index is 1.74. The molecule has 1 heterocycles. The molecular weight excluding hydrogens is 404 g/mol. The lowest BCUT2D eigenvalue weighted by molar-refractivity contribution is 0.461. The summed E-state index contributed by atoms with van der Waals surface area (Å²) in [6.45, 7) is 0. The highest BCUT2D eigenvalue weighted by Gasteiger charge is 2.39. The van der Waals surface area contributed by atoms with Gasteiger partial charge in [0.2, 0.25) is 0 Å². The number of rotatable bonds is 6. The van der Waals surface area contributed by atoms with E-state index >= 15 is 0 Å². The van der Waals surface area contributed by atoms with Crippen molar-refractivity contribution < 1.29 is 0 Å². The smallest absolute Gasteiger partial charge is 0.138 e. The van der Waals surface area contributed by atoms with E-state index in [4.69, 9.17) is 10.9 Å². The van der Waals surface area contributed by atoms with Gasteiger partial charge in [-0.2, -0.15) is 10.2 Å². The minimum Gasteiger partial charge on any atom is -0.323 e. The van der Waals surface area contributed by atoms with Crippen molar-refractivity contribution in [3.05, 3.63) is 150 Å². The molecule has 0 saturated carbocycles. The molecule has 0 atom stereocenters. The molecule has 0 bridgehead atoms. The van der Waals surface area contributed by atoms with Crippen molar-refractivity contribution in [2.75, 3.05) is 0 Å². The average molecular weight is 429 g/mol. The second kappa shape index (κ2) is 8.97. The van der Waals surface area contributed by atoms with Gasteiger partial charge in [-0.05, 0) is 28.3 Å². The van der Waals surface area contributed by atoms with Crippen LogP contribution in [0.25, 0.3) is 11.3 Å². The maximum atomic E-state index is 5.28. The first-order valence-electron chi connectivity index (χ1n) is 10.9. The van der Waals surface area contributed by atoms with Crippen LogP contribution in [-0.4, -0.2) is 16.0 Å². The zero-order chi connectivity index (χ0) is 22.5. The van der Waals surface area contributed by atoms with Crippen LogP contribution in [0.5, 0.6) is 0 Å². The molecule has 0 aliphatic heterocycles. The number of nitrogens with two attached hydrogens (primary N) is 1. The van der Waals surface area contributed by atoms with Gasteiger partial charge in [-0.15, -0.1) is 0 Å². The fraction of sp³-hybridized carbons (Fsp3) is 0.0345. The van der Waals surface area contributed by atoms with Crippen molar-refractivity contribution in [1.29, 1.82) is 0 Å². The molecule has 0 aliphatic rings. The molecular formula is C29H24N4. The Morgan fingerprint density at radius 1 is 0.636 bits per heavy atom. The SMILES string of the molecule is NN=Cc1ccc(-c2ccn(C(c3ccccc3)(c3ccccc3)c3ccccc3)n2)cc1. The molecule has 0 spiro atoms.